The number of rotatable bonds is 4. The summed E-state index contributed by atoms with van der Waals surface area (Å²) in [5.41, 5.74) is 1.96. The number of halogens is 5. The van der Waals surface area contributed by atoms with E-state index in [0.717, 1.165) is 22.2 Å². The van der Waals surface area contributed by atoms with Crippen LogP contribution in [0.5, 0.6) is 0 Å². The van der Waals surface area contributed by atoms with E-state index < -0.39 is 22.4 Å². The Kier molecular flexibility index (Phi) is 10.7. The Labute approximate surface area is 328 Å². The molecular weight excluding hydrogens is 780 g/mol. The largest absolute Gasteiger partial charge is 0.444 e. The molecule has 55 heavy (non-hydrogen) atoms. The molecule has 0 aliphatic carbocycles. The van der Waals surface area contributed by atoms with Crippen LogP contribution in [0.3, 0.4) is 0 Å². The molecule has 0 bridgehead atoms. The number of oxazole rings is 2. The number of anilines is 2. The molecule has 12 nitrogen and oxygen atoms in total. The van der Waals surface area contributed by atoms with E-state index in [1.165, 1.54) is 16.9 Å². The first-order valence-electron chi connectivity index (χ1n) is 17.6. The molecule has 292 valence electrons. The zero-order chi connectivity index (χ0) is 39.2. The number of carbonyl (C=O) groups excluding carboxylic acids is 1. The van der Waals surface area contributed by atoms with E-state index in [9.17, 15) is 18.0 Å². The predicted molar refractivity (Wildman–Crippen MR) is 208 cm³/mol. The number of nitrogens with zero attached hydrogens (tertiary/aromatic N) is 7. The lowest BCUT2D eigenvalue weighted by Gasteiger charge is -2.39. The van der Waals surface area contributed by atoms with Crippen LogP contribution < -0.4 is 15.1 Å². The summed E-state index contributed by atoms with van der Waals surface area (Å²) in [4.78, 5) is 26.9. The third-order valence-corrected chi connectivity index (χ3v) is 10.4. The molecule has 8 rings (SSSR count). The van der Waals surface area contributed by atoms with Gasteiger partial charge in [-0.15, -0.1) is 0 Å². The normalized spacial score (nSPS) is 18.2. The van der Waals surface area contributed by atoms with E-state index >= 15 is 0 Å². The number of hydrogen-bond acceptors (Lipinski definition) is 11. The molecule has 2 saturated heterocycles. The van der Waals surface area contributed by atoms with Gasteiger partial charge in [0.25, 0.3) is 12.0 Å². The number of nitrogens with one attached hydrogen (secondary N) is 1. The van der Waals surface area contributed by atoms with Crippen LogP contribution in [0.4, 0.5) is 30.0 Å². The number of ether oxygens (including phenoxy) is 1. The molecular formula is C37H39Cl2F3N8O4S. The number of carbonyl (C=O) groups is 1. The Morgan fingerprint density at radius 1 is 1.00 bits per heavy atom. The highest BCUT2D eigenvalue weighted by Crippen LogP contribution is 2.43. The van der Waals surface area contributed by atoms with Crippen molar-refractivity contribution < 1.29 is 31.5 Å². The Hall–Kier alpha value is -4.51. The van der Waals surface area contributed by atoms with Crippen LogP contribution >= 0.6 is 34.5 Å². The molecule has 0 spiro atoms. The van der Waals surface area contributed by atoms with Crippen molar-refractivity contribution >= 4 is 74.9 Å². The van der Waals surface area contributed by atoms with Crippen LogP contribution in [0.1, 0.15) is 40.2 Å². The van der Waals surface area contributed by atoms with Gasteiger partial charge in [-0.2, -0.15) is 39.6 Å². The van der Waals surface area contributed by atoms with Crippen molar-refractivity contribution in [2.24, 2.45) is 0 Å². The monoisotopic (exact) mass is 818 g/mol. The van der Waals surface area contributed by atoms with Crippen molar-refractivity contribution in [3.05, 3.63) is 69.1 Å². The van der Waals surface area contributed by atoms with Crippen LogP contribution in [0, 0.1) is 0 Å². The molecule has 2 aliphatic rings. The quantitative estimate of drug-likeness (QED) is 0.185. The van der Waals surface area contributed by atoms with Gasteiger partial charge in [0.05, 0.1) is 5.02 Å². The Bertz CT molecular complexity index is 2290. The van der Waals surface area contributed by atoms with Gasteiger partial charge in [-0.25, -0.2) is 9.48 Å². The molecule has 6 aromatic rings. The first kappa shape index (κ1) is 38.8. The molecule has 4 aromatic heterocycles. The molecule has 2 aliphatic heterocycles. The zero-order valence-corrected chi connectivity index (χ0v) is 33.0. The minimum atomic E-state index is -4.65. The molecule has 2 atom stereocenters. The number of hydrogen-bond donors (Lipinski definition) is 1. The maximum absolute atomic E-state index is 13.6. The lowest BCUT2D eigenvalue weighted by atomic mass is 10.1. The second kappa shape index (κ2) is 15.2. The van der Waals surface area contributed by atoms with Crippen LogP contribution in [-0.2, 0) is 10.9 Å². The van der Waals surface area contributed by atoms with E-state index in [4.69, 9.17) is 41.8 Å². The first-order valence-corrected chi connectivity index (χ1v) is 19.3. The molecule has 6 heterocycles. The second-order valence-corrected chi connectivity index (χ2v) is 16.0. The van der Waals surface area contributed by atoms with E-state index in [2.05, 4.69) is 32.6 Å². The standard InChI is InChI=1S/C21H24ClN3O3S.C16H15ClF3N5O/c1-13-11-24(20(26)28-21(2,3)4)6-7-25(13)19-23-17-10-15(22)9-16(18(17)27-19)14-5-8-29-12-14;1-9-8-21-4-6-24(9)15-23-13-12(16(18,19)20)10(17)7-11(14(13)26-15)25-5-2-3-22-25/h5,8-10,12-13H,6-7,11H2,1-4H3;2-3,5,7,9,21H,4,6,8H2,1H3/t13-;9-/m00/s1. The van der Waals surface area contributed by atoms with Crippen LogP contribution in [0.15, 0.2) is 62.3 Å². The summed E-state index contributed by atoms with van der Waals surface area (Å²) in [7, 11) is 0. The summed E-state index contributed by atoms with van der Waals surface area (Å²) in [6.45, 7) is 13.3. The Balaban J connectivity index is 0.000000170. The molecule has 18 heteroatoms. The van der Waals surface area contributed by atoms with Crippen LogP contribution in [-0.4, -0.2) is 87.7 Å². The minimum Gasteiger partial charge on any atom is -0.444 e. The number of aromatic nitrogens is 4. The molecule has 1 N–H and O–H groups in total. The van der Waals surface area contributed by atoms with Crippen molar-refractivity contribution in [3.8, 4) is 16.8 Å². The molecule has 0 unspecified atom stereocenters. The molecule has 1 amide bonds. The van der Waals surface area contributed by atoms with E-state index in [1.807, 2.05) is 56.2 Å². The SMILES string of the molecule is C[C@H]1CN(C(=O)OC(C)(C)C)CCN1c1nc2cc(Cl)cc(-c3ccsc3)c2o1.C[C@H]1CNCCN1c1nc2c(C(F)(F)F)c(Cl)cc(-n3cccn3)c2o1. The third-order valence-electron chi connectivity index (χ3n) is 9.17. The number of thiophene rings is 1. The number of benzene rings is 2. The van der Waals surface area contributed by atoms with Crippen molar-refractivity contribution in [1.82, 2.24) is 30.0 Å². The highest BCUT2D eigenvalue weighted by molar-refractivity contribution is 7.08. The lowest BCUT2D eigenvalue weighted by Crippen LogP contribution is -2.54. The van der Waals surface area contributed by atoms with E-state index in [-0.39, 0.29) is 35.3 Å². The second-order valence-electron chi connectivity index (χ2n) is 14.4. The number of piperazine rings is 2. The van der Waals surface area contributed by atoms with Gasteiger partial charge < -0.3 is 33.6 Å². The highest BCUT2D eigenvalue weighted by Gasteiger charge is 2.39. The number of amides is 1. The van der Waals surface area contributed by atoms with Crippen molar-refractivity contribution in [2.75, 3.05) is 49.1 Å². The van der Waals surface area contributed by atoms with Gasteiger partial charge >= 0.3 is 12.3 Å². The topological polar surface area (TPSA) is 118 Å². The third kappa shape index (κ3) is 8.23. The van der Waals surface area contributed by atoms with Crippen LogP contribution in [0.2, 0.25) is 10.0 Å². The number of fused-ring (bicyclic) bond motifs is 2. The van der Waals surface area contributed by atoms with Gasteiger partial charge in [0.2, 0.25) is 0 Å². The van der Waals surface area contributed by atoms with Gasteiger partial charge in [0.1, 0.15) is 27.9 Å². The van der Waals surface area contributed by atoms with Gasteiger partial charge in [-0.1, -0.05) is 23.2 Å². The molecule has 0 radical (unpaired) electrons. The Morgan fingerprint density at radius 2 is 1.75 bits per heavy atom. The predicted octanol–water partition coefficient (Wildman–Crippen LogP) is 9.14. The lowest BCUT2D eigenvalue weighted by molar-refractivity contribution is -0.136. The van der Waals surface area contributed by atoms with Crippen molar-refractivity contribution in [3.63, 3.8) is 0 Å². The fourth-order valence-corrected chi connectivity index (χ4v) is 7.77. The van der Waals surface area contributed by atoms with Crippen molar-refractivity contribution in [2.45, 2.75) is 58.5 Å². The molecule has 2 aromatic carbocycles. The first-order chi connectivity index (χ1) is 26.1. The number of alkyl halides is 3. The zero-order valence-electron chi connectivity index (χ0n) is 30.7. The minimum absolute atomic E-state index is 0.00570. The summed E-state index contributed by atoms with van der Waals surface area (Å²) in [6.07, 6.45) is -1.81. The molecule has 0 saturated carbocycles. The van der Waals surface area contributed by atoms with E-state index in [1.54, 1.807) is 28.5 Å². The van der Waals surface area contributed by atoms with Crippen LogP contribution in [0.25, 0.3) is 39.0 Å². The highest BCUT2D eigenvalue weighted by atomic mass is 35.5. The average Bonchev–Trinajstić information content (AvgIpc) is 3.94. The van der Waals surface area contributed by atoms with Gasteiger partial charge in [0.15, 0.2) is 11.2 Å². The molecule has 2 fully saturated rings. The van der Waals surface area contributed by atoms with E-state index in [0.29, 0.717) is 56.0 Å². The van der Waals surface area contributed by atoms with Gasteiger partial charge in [0, 0.05) is 74.3 Å². The summed E-state index contributed by atoms with van der Waals surface area (Å²) >= 11 is 13.9. The fraction of sp³-hybridized carbons (Fsp3) is 0.405. The maximum Gasteiger partial charge on any atom is 0.420 e. The summed E-state index contributed by atoms with van der Waals surface area (Å²) in [5, 5.41) is 11.6. The average molecular weight is 820 g/mol. The Morgan fingerprint density at radius 3 is 2.40 bits per heavy atom. The fourth-order valence-electron chi connectivity index (χ4n) is 6.60. The summed E-state index contributed by atoms with van der Waals surface area (Å²) < 4.78 is 59.6. The maximum atomic E-state index is 13.6. The van der Waals surface area contributed by atoms with Gasteiger partial charge in [-0.3, -0.25) is 0 Å². The van der Waals surface area contributed by atoms with Gasteiger partial charge in [-0.05, 0) is 81.3 Å². The summed E-state index contributed by atoms with van der Waals surface area (Å²) in [5.74, 6) is 0. The summed E-state index contributed by atoms with van der Waals surface area (Å²) in [6, 6.07) is 9.42. The smallest absolute Gasteiger partial charge is 0.420 e. The van der Waals surface area contributed by atoms with Crippen molar-refractivity contribution in [1.29, 1.82) is 0 Å².